The lowest BCUT2D eigenvalue weighted by molar-refractivity contribution is -0.142. The number of benzene rings is 4. The monoisotopic (exact) mass is 879 g/mol. The number of nitrogens with zero attached hydrogens (tertiary/aromatic N) is 5. The zero-order valence-electron chi connectivity index (χ0n) is 29.9. The van der Waals surface area contributed by atoms with Crippen LogP contribution >= 0.6 is 12.2 Å². The second-order valence-electron chi connectivity index (χ2n) is 12.6. The second kappa shape index (κ2) is 15.6. The highest BCUT2D eigenvalue weighted by Gasteiger charge is 2.37. The zero-order chi connectivity index (χ0) is 43.2. The summed E-state index contributed by atoms with van der Waals surface area (Å²) >= 11 is 4.92. The Bertz CT molecular complexity index is 2930. The summed E-state index contributed by atoms with van der Waals surface area (Å²) in [5.74, 6) is -0.707. The van der Waals surface area contributed by atoms with Crippen LogP contribution in [0.1, 0.15) is 11.4 Å². The van der Waals surface area contributed by atoms with Crippen molar-refractivity contribution in [1.29, 1.82) is 0 Å². The molecule has 0 atom stereocenters. The maximum Gasteiger partial charge on any atom is 0.435 e. The van der Waals surface area contributed by atoms with Gasteiger partial charge in [-0.15, -0.1) is 0 Å². The third-order valence-corrected chi connectivity index (χ3v) is 10.7. The van der Waals surface area contributed by atoms with Crippen LogP contribution in [0.4, 0.5) is 36.4 Å². The topological polar surface area (TPSA) is 201 Å². The van der Waals surface area contributed by atoms with Gasteiger partial charge < -0.3 is 15.6 Å². The first-order chi connectivity index (χ1) is 27.4. The SMILES string of the molecule is CN(C(N)=S)c1ccc(F)cc1-c1cc(C(F)(F)F)nn1-c1ccc(S(N)(=O)=O)cc1.NS(=O)(=O)c1ccc(-n2nc(C(F)(F)F)cc2-c2ccc3[nH]ccc3c2)cc1. The van der Waals surface area contributed by atoms with E-state index in [-0.39, 0.29) is 48.9 Å². The Morgan fingerprint density at radius 2 is 1.19 bits per heavy atom. The number of H-pyrrole nitrogens is 1. The summed E-state index contributed by atoms with van der Waals surface area (Å²) in [7, 11) is -6.44. The van der Waals surface area contributed by atoms with E-state index < -0.39 is 49.6 Å². The van der Waals surface area contributed by atoms with Crippen LogP contribution in [0.25, 0.3) is 44.8 Å². The maximum absolute atomic E-state index is 14.0. The number of aromatic amines is 1. The minimum absolute atomic E-state index is 0.0359. The quantitative estimate of drug-likeness (QED) is 0.0992. The van der Waals surface area contributed by atoms with Gasteiger partial charge in [-0.1, -0.05) is 6.07 Å². The predicted octanol–water partition coefficient (Wildman–Crippen LogP) is 6.71. The molecule has 0 amide bonds. The molecule has 0 saturated carbocycles. The molecule has 7 rings (SSSR count). The molecule has 0 aliphatic rings. The molecule has 3 aromatic heterocycles. The Hall–Kier alpha value is -6.14. The zero-order valence-corrected chi connectivity index (χ0v) is 32.3. The first-order valence-electron chi connectivity index (χ1n) is 16.4. The van der Waals surface area contributed by atoms with Crippen molar-refractivity contribution >= 4 is 54.0 Å². The minimum Gasteiger partial charge on any atom is -0.376 e. The van der Waals surface area contributed by atoms with Gasteiger partial charge in [0.25, 0.3) is 0 Å². The lowest BCUT2D eigenvalue weighted by Crippen LogP contribution is -2.32. The molecule has 0 spiro atoms. The van der Waals surface area contributed by atoms with E-state index in [2.05, 4.69) is 15.2 Å². The van der Waals surface area contributed by atoms with E-state index in [1.54, 1.807) is 24.4 Å². The smallest absolute Gasteiger partial charge is 0.376 e. The Morgan fingerprint density at radius 3 is 1.66 bits per heavy atom. The van der Waals surface area contributed by atoms with Gasteiger partial charge >= 0.3 is 12.4 Å². The first kappa shape index (κ1) is 42.5. The summed E-state index contributed by atoms with van der Waals surface area (Å²) in [6, 6.07) is 22.0. The minimum atomic E-state index is -4.79. The molecular weight excluding hydrogens is 852 g/mol. The van der Waals surface area contributed by atoms with Crippen molar-refractivity contribution in [3.05, 3.63) is 127 Å². The molecule has 23 heteroatoms. The number of fused-ring (bicyclic) bond motifs is 1. The van der Waals surface area contributed by atoms with Crippen molar-refractivity contribution in [1.82, 2.24) is 24.5 Å². The fourth-order valence-corrected chi connectivity index (χ4v) is 6.85. The molecule has 0 aliphatic carbocycles. The average Bonchev–Trinajstić information content (AvgIpc) is 3.93. The van der Waals surface area contributed by atoms with Crippen LogP contribution in [0.5, 0.6) is 0 Å². The van der Waals surface area contributed by atoms with Gasteiger partial charge in [0, 0.05) is 35.3 Å². The lowest BCUT2D eigenvalue weighted by atomic mass is 10.1. The summed E-state index contributed by atoms with van der Waals surface area (Å²) in [4.78, 5) is 3.95. The third-order valence-electron chi connectivity index (χ3n) is 8.59. The van der Waals surface area contributed by atoms with Gasteiger partial charge in [-0.2, -0.15) is 36.5 Å². The molecule has 4 aromatic carbocycles. The highest BCUT2D eigenvalue weighted by Crippen LogP contribution is 2.38. The van der Waals surface area contributed by atoms with Gasteiger partial charge in [0.1, 0.15) is 5.82 Å². The molecule has 0 aliphatic heterocycles. The lowest BCUT2D eigenvalue weighted by Gasteiger charge is -2.21. The summed E-state index contributed by atoms with van der Waals surface area (Å²) < 4.78 is 142. The molecule has 0 unspecified atom stereocenters. The fraction of sp³-hybridized carbons (Fsp3) is 0.0833. The van der Waals surface area contributed by atoms with Crippen LogP contribution in [0.2, 0.25) is 0 Å². The van der Waals surface area contributed by atoms with E-state index in [0.29, 0.717) is 5.56 Å². The molecule has 13 nitrogen and oxygen atoms in total. The van der Waals surface area contributed by atoms with Crippen molar-refractivity contribution < 1.29 is 47.6 Å². The van der Waals surface area contributed by atoms with Crippen LogP contribution in [-0.4, -0.2) is 53.5 Å². The first-order valence-corrected chi connectivity index (χ1v) is 19.9. The molecule has 308 valence electrons. The molecule has 7 N–H and O–H groups in total. The molecule has 3 heterocycles. The van der Waals surface area contributed by atoms with Crippen LogP contribution in [0.15, 0.2) is 119 Å². The number of primary sulfonamides is 2. The van der Waals surface area contributed by atoms with E-state index >= 15 is 0 Å². The van der Waals surface area contributed by atoms with Gasteiger partial charge in [0.15, 0.2) is 16.5 Å². The number of sulfonamides is 2. The normalized spacial score (nSPS) is 12.3. The summed E-state index contributed by atoms with van der Waals surface area (Å²) in [6.07, 6.45) is -7.68. The molecule has 0 bridgehead atoms. The van der Waals surface area contributed by atoms with Crippen LogP contribution < -0.4 is 20.9 Å². The Morgan fingerprint density at radius 1 is 0.695 bits per heavy atom. The summed E-state index contributed by atoms with van der Waals surface area (Å²) in [5.41, 5.74) is 5.47. The van der Waals surface area contributed by atoms with E-state index in [9.17, 15) is 47.6 Å². The number of aromatic nitrogens is 5. The van der Waals surface area contributed by atoms with Crippen molar-refractivity contribution in [3.8, 4) is 33.9 Å². The number of rotatable bonds is 7. The van der Waals surface area contributed by atoms with Crippen LogP contribution in [0.3, 0.4) is 0 Å². The highest BCUT2D eigenvalue weighted by molar-refractivity contribution is 7.89. The number of hydrogen-bond donors (Lipinski definition) is 4. The highest BCUT2D eigenvalue weighted by atomic mass is 32.2. The van der Waals surface area contributed by atoms with Gasteiger partial charge in [0.05, 0.1) is 38.2 Å². The Kier molecular flexibility index (Phi) is 11.2. The second-order valence-corrected chi connectivity index (χ2v) is 16.1. The number of thiocarbonyl (C=S) groups is 1. The number of halogens is 7. The van der Waals surface area contributed by atoms with Gasteiger partial charge in [-0.05, 0) is 109 Å². The predicted molar refractivity (Wildman–Crippen MR) is 208 cm³/mol. The Labute approximate surface area is 335 Å². The summed E-state index contributed by atoms with van der Waals surface area (Å²) in [6.45, 7) is 0. The largest absolute Gasteiger partial charge is 0.435 e. The molecule has 0 fully saturated rings. The number of nitrogens with one attached hydrogen (secondary N) is 1. The van der Waals surface area contributed by atoms with Crippen LogP contribution in [0, 0.1) is 5.82 Å². The Balaban J connectivity index is 0.000000199. The van der Waals surface area contributed by atoms with Crippen molar-refractivity contribution in [2.24, 2.45) is 16.0 Å². The molecule has 7 aromatic rings. The number of hydrogen-bond acceptors (Lipinski definition) is 7. The van der Waals surface area contributed by atoms with Crippen molar-refractivity contribution in [2.75, 3.05) is 11.9 Å². The maximum atomic E-state index is 14.0. The van der Waals surface area contributed by atoms with E-state index in [0.717, 1.165) is 56.7 Å². The van der Waals surface area contributed by atoms with Crippen LogP contribution in [-0.2, 0) is 32.4 Å². The van der Waals surface area contributed by atoms with Crippen molar-refractivity contribution in [2.45, 2.75) is 22.1 Å². The summed E-state index contributed by atoms with van der Waals surface area (Å²) in [5, 5.41) is 18.2. The van der Waals surface area contributed by atoms with E-state index in [1.807, 2.05) is 6.07 Å². The van der Waals surface area contributed by atoms with E-state index in [4.69, 9.17) is 28.2 Å². The molecular formula is C36H28F7N9O4S3. The van der Waals surface area contributed by atoms with Crippen molar-refractivity contribution in [3.63, 3.8) is 0 Å². The van der Waals surface area contributed by atoms with Gasteiger partial charge in [-0.25, -0.2) is 40.9 Å². The van der Waals surface area contributed by atoms with E-state index in [1.165, 1.54) is 54.4 Å². The fourth-order valence-electron chi connectivity index (χ4n) is 5.72. The number of anilines is 1. The molecule has 0 saturated heterocycles. The molecule has 59 heavy (non-hydrogen) atoms. The third kappa shape index (κ3) is 9.28. The standard InChI is InChI=1S/C18H15F4N5O2S2.C18H13F3N4O2S/c1-26(17(23)30)14-7-2-10(19)8-13(14)15-9-16(18(20,21)22)25-27(15)11-3-5-12(6-4-11)31(24,28)29;19-18(20,21)17-10-16(12-1-6-15-11(9-12)7-8-23-15)25(24-17)13-2-4-14(5-3-13)28(22,26)27/h2-9H,1H3,(H2,23,30)(H2,24,28,29);1-10,23H,(H2,22,26,27). The average molecular weight is 880 g/mol. The number of alkyl halides is 6. The molecule has 0 radical (unpaired) electrons. The van der Waals surface area contributed by atoms with Gasteiger partial charge in [-0.3, -0.25) is 0 Å². The van der Waals surface area contributed by atoms with Gasteiger partial charge in [0.2, 0.25) is 20.0 Å². The number of nitrogens with two attached hydrogens (primary N) is 3.